The predicted molar refractivity (Wildman–Crippen MR) is 92.0 cm³/mol. The Labute approximate surface area is 136 Å². The zero-order valence-corrected chi connectivity index (χ0v) is 15.4. The van der Waals surface area contributed by atoms with Crippen LogP contribution in [0, 0.1) is 0 Å². The molecule has 130 valence electrons. The fraction of sp³-hybridized carbons (Fsp3) is 0.812. The lowest BCUT2D eigenvalue weighted by Crippen LogP contribution is -2.50. The third kappa shape index (κ3) is 8.37. The molecule has 0 rings (SSSR count). The largest absolute Gasteiger partial charge is 0.628 e. The van der Waals surface area contributed by atoms with Gasteiger partial charge in [-0.3, -0.25) is 0 Å². The molecule has 0 radical (unpaired) electrons. The molecule has 0 aliphatic heterocycles. The smallest absolute Gasteiger partial charge is 0.280 e. The maximum Gasteiger partial charge on any atom is 0.280 e. The molecule has 0 saturated carbocycles. The molecule has 6 heteroatoms. The van der Waals surface area contributed by atoms with Crippen LogP contribution in [0.25, 0.3) is 0 Å². The number of hydrogen-bond acceptors (Lipinski definition) is 4. The van der Waals surface area contributed by atoms with E-state index < -0.39 is 13.9 Å². The van der Waals surface area contributed by atoms with Crippen LogP contribution in [0.1, 0.15) is 32.6 Å². The van der Waals surface area contributed by atoms with Crippen LogP contribution in [0.4, 0.5) is 0 Å². The van der Waals surface area contributed by atoms with Gasteiger partial charge < -0.3 is 24.3 Å². The summed E-state index contributed by atoms with van der Waals surface area (Å²) in [4.78, 5) is 12.6. The molecule has 2 N–H and O–H groups in total. The van der Waals surface area contributed by atoms with Crippen LogP contribution < -0.4 is 4.89 Å². The van der Waals surface area contributed by atoms with E-state index in [4.69, 9.17) is 9.84 Å². The first kappa shape index (κ1) is 21.7. The van der Waals surface area contributed by atoms with Crippen molar-refractivity contribution in [1.29, 1.82) is 0 Å². The summed E-state index contributed by atoms with van der Waals surface area (Å²) in [7, 11) is 4.21. The highest BCUT2D eigenvalue weighted by Gasteiger charge is 2.34. The van der Waals surface area contributed by atoms with Crippen molar-refractivity contribution in [2.45, 2.75) is 44.8 Å². The molecular weight excluding hydrogens is 301 g/mol. The zero-order valence-electron chi connectivity index (χ0n) is 14.5. The molecule has 5 nitrogen and oxygen atoms in total. The van der Waals surface area contributed by atoms with Crippen LogP contribution in [-0.4, -0.2) is 72.8 Å². The Morgan fingerprint density at radius 1 is 1.36 bits per heavy atom. The van der Waals surface area contributed by atoms with Crippen molar-refractivity contribution >= 4 is 13.3 Å². The number of ether oxygens (including phenoxy) is 1. The van der Waals surface area contributed by atoms with Crippen LogP contribution in [0.15, 0.2) is 12.7 Å². The maximum absolute atomic E-state index is 12.6. The number of aliphatic hydroxyl groups excluding tert-OH is 2. The molecule has 0 aromatic carbocycles. The van der Waals surface area contributed by atoms with Crippen molar-refractivity contribution in [3.05, 3.63) is 12.7 Å². The quantitative estimate of drug-likeness (QED) is 0.242. The second-order valence-corrected chi connectivity index (χ2v) is 8.01. The molecule has 0 heterocycles. The third-order valence-corrected chi connectivity index (χ3v) is 5.11. The maximum atomic E-state index is 12.6. The highest BCUT2D eigenvalue weighted by Crippen LogP contribution is 2.24. The molecule has 0 aliphatic carbocycles. The first-order chi connectivity index (χ1) is 10.3. The molecule has 3 atom stereocenters. The van der Waals surface area contributed by atoms with Crippen LogP contribution in [0.5, 0.6) is 0 Å². The number of quaternary nitrogens is 1. The lowest BCUT2D eigenvalue weighted by molar-refractivity contribution is -0.885. The summed E-state index contributed by atoms with van der Waals surface area (Å²) in [6.07, 6.45) is 4.60. The van der Waals surface area contributed by atoms with Gasteiger partial charge in [-0.05, 0) is 6.42 Å². The average molecular weight is 334 g/mol. The van der Waals surface area contributed by atoms with Crippen molar-refractivity contribution in [3.8, 4) is 0 Å². The number of nitrogens with zero attached hydrogens (tertiary/aromatic N) is 1. The molecule has 0 aromatic rings. The Morgan fingerprint density at radius 2 is 2.00 bits per heavy atom. The minimum atomic E-state index is -1.85. The van der Waals surface area contributed by atoms with Gasteiger partial charge in [-0.1, -0.05) is 25.8 Å². The van der Waals surface area contributed by atoms with Crippen LogP contribution in [0.3, 0.4) is 0 Å². The average Bonchev–Trinajstić information content (AvgIpc) is 2.44. The Hall–Kier alpha value is -0.290. The van der Waals surface area contributed by atoms with Crippen molar-refractivity contribution in [1.82, 2.24) is 0 Å². The second-order valence-electron chi connectivity index (χ2n) is 6.45. The van der Waals surface area contributed by atoms with E-state index in [2.05, 4.69) is 13.5 Å². The summed E-state index contributed by atoms with van der Waals surface area (Å²) >= 11 is 0. The van der Waals surface area contributed by atoms with Crippen LogP contribution in [0.2, 0.25) is 0 Å². The van der Waals surface area contributed by atoms with Gasteiger partial charge in [-0.15, -0.1) is 6.58 Å². The van der Waals surface area contributed by atoms with E-state index in [1.54, 1.807) is 6.08 Å². The zero-order chi connectivity index (χ0) is 17.2. The standard InChI is InChI=1S/C16H33NO4P/c1-6-8-9-11-21-16(22(20)13-14(19)12-18)15(10-7-2)17(3,4)5/h7,14-15,18-19H,2,6,8-13H2,1,3-5H3/q+1. The van der Waals surface area contributed by atoms with Crippen molar-refractivity contribution in [3.63, 3.8) is 0 Å². The molecule has 0 amide bonds. The lowest BCUT2D eigenvalue weighted by Gasteiger charge is -2.33. The SMILES string of the molecule is C=CCC(/C(OCCCCC)=[P+](/[O-])CC(O)CO)[N+](C)(C)C. The second kappa shape index (κ2) is 11.3. The molecule has 0 spiro atoms. The molecule has 0 saturated heterocycles. The Kier molecular flexibility index (Phi) is 11.1. The van der Waals surface area contributed by atoms with E-state index >= 15 is 0 Å². The third-order valence-electron chi connectivity index (χ3n) is 3.44. The Balaban J connectivity index is 5.26. The van der Waals surface area contributed by atoms with Gasteiger partial charge in [-0.25, -0.2) is 0 Å². The van der Waals surface area contributed by atoms with Gasteiger partial charge >= 0.3 is 0 Å². The highest BCUT2D eigenvalue weighted by molar-refractivity contribution is 7.51. The minimum Gasteiger partial charge on any atom is -0.628 e. The van der Waals surface area contributed by atoms with Crippen LogP contribution in [-0.2, 0) is 4.74 Å². The van der Waals surface area contributed by atoms with E-state index in [0.29, 0.717) is 23.0 Å². The van der Waals surface area contributed by atoms with Crippen molar-refractivity contribution < 1.29 is 24.3 Å². The van der Waals surface area contributed by atoms with Gasteiger partial charge in [0.25, 0.3) is 5.48 Å². The Morgan fingerprint density at radius 3 is 2.45 bits per heavy atom. The predicted octanol–water partition coefficient (Wildman–Crippen LogP) is 1.08. The van der Waals surface area contributed by atoms with Gasteiger partial charge in [0, 0.05) is 6.42 Å². The van der Waals surface area contributed by atoms with Gasteiger partial charge in [0.15, 0.2) is 6.04 Å². The van der Waals surface area contributed by atoms with Crippen LogP contribution >= 0.6 is 7.77 Å². The van der Waals surface area contributed by atoms with E-state index in [0.717, 1.165) is 19.3 Å². The van der Waals surface area contributed by atoms with Gasteiger partial charge in [0.2, 0.25) is 0 Å². The molecular formula is C16H33NO4P+. The van der Waals surface area contributed by atoms with Crippen molar-refractivity contribution in [2.75, 3.05) is 40.5 Å². The van der Waals surface area contributed by atoms with Gasteiger partial charge in [0.05, 0.1) is 42.1 Å². The summed E-state index contributed by atoms with van der Waals surface area (Å²) in [6.45, 7) is 6.05. The van der Waals surface area contributed by atoms with E-state index in [9.17, 15) is 10.00 Å². The fourth-order valence-electron chi connectivity index (χ4n) is 2.11. The van der Waals surface area contributed by atoms with E-state index in [1.807, 2.05) is 21.1 Å². The molecule has 0 fully saturated rings. The molecule has 0 bridgehead atoms. The van der Waals surface area contributed by atoms with E-state index in [-0.39, 0.29) is 18.8 Å². The number of likely N-dealkylation sites (N-methyl/N-ethyl adjacent to an activating group) is 1. The minimum absolute atomic E-state index is 0.0303. The normalized spacial score (nSPS) is 16.1. The first-order valence-corrected chi connectivity index (χ1v) is 9.37. The first-order valence-electron chi connectivity index (χ1n) is 7.93. The van der Waals surface area contributed by atoms with E-state index in [1.165, 1.54) is 0 Å². The number of aliphatic hydroxyl groups is 2. The Bertz CT molecular complexity index is 353. The highest BCUT2D eigenvalue weighted by atomic mass is 31.1. The summed E-state index contributed by atoms with van der Waals surface area (Å²) in [5, 5.41) is 18.5. The van der Waals surface area contributed by atoms with Gasteiger partial charge in [-0.2, -0.15) is 0 Å². The molecule has 0 aromatic heterocycles. The molecule has 3 unspecified atom stereocenters. The fourth-order valence-corrected chi connectivity index (χ4v) is 3.81. The lowest BCUT2D eigenvalue weighted by atomic mass is 10.1. The summed E-state index contributed by atoms with van der Waals surface area (Å²) in [5.74, 6) is 0. The molecule has 0 aliphatic rings. The van der Waals surface area contributed by atoms with Gasteiger partial charge in [0.1, 0.15) is 12.3 Å². The summed E-state index contributed by atoms with van der Waals surface area (Å²) in [6, 6.07) is -0.0753. The molecule has 22 heavy (non-hydrogen) atoms. The summed E-state index contributed by atoms with van der Waals surface area (Å²) in [5.41, 5.74) is 0.533. The number of unbranched alkanes of at least 4 members (excludes halogenated alkanes) is 2. The summed E-state index contributed by atoms with van der Waals surface area (Å²) < 4.78 is 6.44. The monoisotopic (exact) mass is 334 g/mol. The van der Waals surface area contributed by atoms with Crippen molar-refractivity contribution in [2.24, 2.45) is 0 Å². The number of rotatable bonds is 12. The number of hydrogen-bond donors (Lipinski definition) is 2. The topological polar surface area (TPSA) is 72.8 Å².